The summed E-state index contributed by atoms with van der Waals surface area (Å²) in [4.78, 5) is 0. The maximum absolute atomic E-state index is 5.66. The third-order valence-electron chi connectivity index (χ3n) is 2.71. The average Bonchev–Trinajstić information content (AvgIpc) is 2.81. The summed E-state index contributed by atoms with van der Waals surface area (Å²) in [5, 5.41) is 4.27. The summed E-state index contributed by atoms with van der Waals surface area (Å²) in [5.74, 6) is 5.66. The monoisotopic (exact) mass is 342 g/mol. The molecule has 17 heavy (non-hydrogen) atoms. The number of nitrogens with one attached hydrogen (secondary N) is 1. The van der Waals surface area contributed by atoms with E-state index in [9.17, 15) is 0 Å². The van der Waals surface area contributed by atoms with E-state index in [2.05, 4.69) is 64.3 Å². The molecule has 0 aliphatic heterocycles. The average molecular weight is 342 g/mol. The van der Waals surface area contributed by atoms with Crippen molar-refractivity contribution in [1.29, 1.82) is 0 Å². The molecule has 2 rings (SSSR count). The Kier molecular flexibility index (Phi) is 4.14. The quantitative estimate of drug-likeness (QED) is 0.508. The van der Waals surface area contributed by atoms with Gasteiger partial charge in [0.2, 0.25) is 0 Å². The lowest BCUT2D eigenvalue weighted by atomic mass is 10.0. The van der Waals surface area contributed by atoms with Crippen LogP contribution in [0.4, 0.5) is 0 Å². The Bertz CT molecular complexity index is 478. The van der Waals surface area contributed by atoms with Gasteiger partial charge in [0.15, 0.2) is 0 Å². The van der Waals surface area contributed by atoms with E-state index in [0.717, 1.165) is 17.8 Å². The van der Waals surface area contributed by atoms with Gasteiger partial charge in [-0.25, -0.2) is 5.43 Å². The van der Waals surface area contributed by atoms with Crippen LogP contribution in [0.15, 0.2) is 36.5 Å². The molecule has 2 aromatic rings. The number of nitrogens with zero attached hydrogens (tertiary/aromatic N) is 2. The Labute approximate surface area is 114 Å². The lowest BCUT2D eigenvalue weighted by Gasteiger charge is -2.17. The van der Waals surface area contributed by atoms with Crippen LogP contribution in [0.5, 0.6) is 0 Å². The number of benzene rings is 1. The molecule has 1 unspecified atom stereocenters. The molecule has 0 spiro atoms. The summed E-state index contributed by atoms with van der Waals surface area (Å²) < 4.78 is 3.16. The van der Waals surface area contributed by atoms with Crippen molar-refractivity contribution in [3.05, 3.63) is 51.4 Å². The van der Waals surface area contributed by atoms with Crippen molar-refractivity contribution in [3.8, 4) is 0 Å². The summed E-state index contributed by atoms with van der Waals surface area (Å²) in [7, 11) is 0. The van der Waals surface area contributed by atoms with Gasteiger partial charge in [0.05, 0.1) is 11.7 Å². The van der Waals surface area contributed by atoms with Gasteiger partial charge in [-0.05, 0) is 53.3 Å². The van der Waals surface area contributed by atoms with Crippen LogP contribution in [0.25, 0.3) is 0 Å². The Morgan fingerprint density at radius 1 is 1.35 bits per heavy atom. The summed E-state index contributed by atoms with van der Waals surface area (Å²) >= 11 is 2.29. The van der Waals surface area contributed by atoms with Crippen LogP contribution in [-0.2, 0) is 6.54 Å². The molecule has 0 saturated heterocycles. The normalized spacial score (nSPS) is 12.6. The lowest BCUT2D eigenvalue weighted by Crippen LogP contribution is -2.30. The highest BCUT2D eigenvalue weighted by atomic mass is 127. The van der Waals surface area contributed by atoms with Crippen molar-refractivity contribution in [2.75, 3.05) is 0 Å². The van der Waals surface area contributed by atoms with E-state index in [1.54, 1.807) is 6.20 Å². The van der Waals surface area contributed by atoms with E-state index < -0.39 is 0 Å². The summed E-state index contributed by atoms with van der Waals surface area (Å²) in [5.41, 5.74) is 5.07. The summed E-state index contributed by atoms with van der Waals surface area (Å²) in [6.07, 6.45) is 1.80. The number of aromatic nitrogens is 2. The van der Waals surface area contributed by atoms with Crippen molar-refractivity contribution in [3.63, 3.8) is 0 Å². The minimum atomic E-state index is -0.0190. The second-order valence-corrected chi connectivity index (χ2v) is 4.97. The molecular weight excluding hydrogens is 327 g/mol. The molecule has 0 saturated carbocycles. The zero-order chi connectivity index (χ0) is 12.3. The fourth-order valence-corrected chi connectivity index (χ4v) is 2.22. The van der Waals surface area contributed by atoms with Crippen molar-refractivity contribution in [2.45, 2.75) is 19.5 Å². The first kappa shape index (κ1) is 12.5. The Balaban J connectivity index is 2.36. The van der Waals surface area contributed by atoms with Crippen molar-refractivity contribution >= 4 is 22.6 Å². The Morgan fingerprint density at radius 2 is 2.06 bits per heavy atom. The zero-order valence-electron chi connectivity index (χ0n) is 9.60. The predicted molar refractivity (Wildman–Crippen MR) is 76.2 cm³/mol. The number of hydrazine groups is 1. The van der Waals surface area contributed by atoms with Crippen LogP contribution in [0.3, 0.4) is 0 Å². The standard InChI is InChI=1S/C12H15IN4/c1-2-17-11(7-8-15-17)12(16-14)9-3-5-10(13)6-4-9/h3-8,12,16H,2,14H2,1H3. The van der Waals surface area contributed by atoms with Gasteiger partial charge in [-0.1, -0.05) is 12.1 Å². The van der Waals surface area contributed by atoms with Gasteiger partial charge in [0.25, 0.3) is 0 Å². The largest absolute Gasteiger partial charge is 0.271 e. The molecule has 3 N–H and O–H groups in total. The highest BCUT2D eigenvalue weighted by molar-refractivity contribution is 14.1. The van der Waals surface area contributed by atoms with Gasteiger partial charge >= 0.3 is 0 Å². The molecule has 0 radical (unpaired) electrons. The van der Waals surface area contributed by atoms with Crippen LogP contribution >= 0.6 is 22.6 Å². The second-order valence-electron chi connectivity index (χ2n) is 3.72. The molecular formula is C12H15IN4. The lowest BCUT2D eigenvalue weighted by molar-refractivity contribution is 0.543. The third-order valence-corrected chi connectivity index (χ3v) is 3.43. The molecule has 90 valence electrons. The fourth-order valence-electron chi connectivity index (χ4n) is 1.86. The van der Waals surface area contributed by atoms with Crippen molar-refractivity contribution < 1.29 is 0 Å². The summed E-state index contributed by atoms with van der Waals surface area (Å²) in [6.45, 7) is 2.91. The van der Waals surface area contributed by atoms with Gasteiger partial charge in [-0.15, -0.1) is 0 Å². The number of rotatable bonds is 4. The highest BCUT2D eigenvalue weighted by Gasteiger charge is 2.16. The molecule has 0 fully saturated rings. The van der Waals surface area contributed by atoms with Gasteiger partial charge in [-0.3, -0.25) is 10.5 Å². The maximum atomic E-state index is 5.66. The van der Waals surface area contributed by atoms with Gasteiger partial charge in [-0.2, -0.15) is 5.10 Å². The first-order valence-electron chi connectivity index (χ1n) is 5.49. The molecule has 0 amide bonds. The molecule has 5 heteroatoms. The predicted octanol–water partition coefficient (Wildman–Crippen LogP) is 2.06. The van der Waals surface area contributed by atoms with Crippen LogP contribution in [0, 0.1) is 3.57 Å². The number of hydrogen-bond donors (Lipinski definition) is 2. The minimum Gasteiger partial charge on any atom is -0.271 e. The van der Waals surface area contributed by atoms with Crippen molar-refractivity contribution in [2.24, 2.45) is 5.84 Å². The molecule has 0 aliphatic rings. The molecule has 1 aromatic heterocycles. The third kappa shape index (κ3) is 2.67. The van der Waals surface area contributed by atoms with E-state index in [0.29, 0.717) is 0 Å². The van der Waals surface area contributed by atoms with Crippen LogP contribution < -0.4 is 11.3 Å². The SMILES string of the molecule is CCn1nccc1C(NN)c1ccc(I)cc1. The minimum absolute atomic E-state index is 0.0190. The molecule has 1 heterocycles. The number of halogens is 1. The van der Waals surface area contributed by atoms with Gasteiger partial charge in [0, 0.05) is 16.3 Å². The van der Waals surface area contributed by atoms with Crippen LogP contribution in [0.1, 0.15) is 24.2 Å². The number of nitrogens with two attached hydrogens (primary N) is 1. The fraction of sp³-hybridized carbons (Fsp3) is 0.250. The maximum Gasteiger partial charge on any atom is 0.0878 e. The van der Waals surface area contributed by atoms with E-state index in [-0.39, 0.29) is 6.04 Å². The highest BCUT2D eigenvalue weighted by Crippen LogP contribution is 2.21. The van der Waals surface area contributed by atoms with Gasteiger partial charge < -0.3 is 0 Å². The first-order chi connectivity index (χ1) is 8.26. The second kappa shape index (κ2) is 5.61. The van der Waals surface area contributed by atoms with E-state index in [1.165, 1.54) is 3.57 Å². The van der Waals surface area contributed by atoms with Crippen LogP contribution in [0.2, 0.25) is 0 Å². The van der Waals surface area contributed by atoms with Crippen molar-refractivity contribution in [1.82, 2.24) is 15.2 Å². The molecule has 0 bridgehead atoms. The molecule has 1 aromatic carbocycles. The topological polar surface area (TPSA) is 55.9 Å². The molecule has 4 nitrogen and oxygen atoms in total. The zero-order valence-corrected chi connectivity index (χ0v) is 11.8. The van der Waals surface area contributed by atoms with E-state index in [4.69, 9.17) is 5.84 Å². The van der Waals surface area contributed by atoms with E-state index >= 15 is 0 Å². The van der Waals surface area contributed by atoms with Crippen LogP contribution in [-0.4, -0.2) is 9.78 Å². The van der Waals surface area contributed by atoms with E-state index in [1.807, 2.05) is 10.7 Å². The molecule has 1 atom stereocenters. The Morgan fingerprint density at radius 3 is 2.65 bits per heavy atom. The Hall–Kier alpha value is -0.920. The molecule has 0 aliphatic carbocycles. The number of hydrogen-bond acceptors (Lipinski definition) is 3. The van der Waals surface area contributed by atoms with Gasteiger partial charge in [0.1, 0.15) is 0 Å². The smallest absolute Gasteiger partial charge is 0.0878 e. The summed E-state index contributed by atoms with van der Waals surface area (Å²) in [6, 6.07) is 10.3. The number of aryl methyl sites for hydroxylation is 1. The first-order valence-corrected chi connectivity index (χ1v) is 6.57.